The average molecular weight is 291 g/mol. The molecule has 1 aliphatic heterocycles. The summed E-state index contributed by atoms with van der Waals surface area (Å²) in [6.45, 7) is 9.99. The molecule has 0 radical (unpaired) electrons. The van der Waals surface area contributed by atoms with Crippen LogP contribution in [0, 0.1) is 26.7 Å². The maximum Gasteiger partial charge on any atom is 0.127 e. The minimum atomic E-state index is 0.674. The first-order valence-corrected chi connectivity index (χ1v) is 7.98. The molecule has 1 N–H and O–H groups in total. The summed E-state index contributed by atoms with van der Waals surface area (Å²) in [4.78, 5) is 11.5. The Bertz CT molecular complexity index is 617. The van der Waals surface area contributed by atoms with Gasteiger partial charge in [-0.3, -0.25) is 0 Å². The van der Waals surface area contributed by atoms with Crippen LogP contribution in [-0.4, -0.2) is 29.7 Å². The van der Waals surface area contributed by atoms with Gasteiger partial charge >= 0.3 is 0 Å². The molecule has 2 aromatic heterocycles. The lowest BCUT2D eigenvalue weighted by Crippen LogP contribution is -2.22. The lowest BCUT2D eigenvalue weighted by Gasteiger charge is -2.08. The van der Waals surface area contributed by atoms with Crippen LogP contribution in [0.1, 0.15) is 28.4 Å². The van der Waals surface area contributed by atoms with Gasteiger partial charge < -0.3 is 10.1 Å². The molecule has 1 fully saturated rings. The van der Waals surface area contributed by atoms with Crippen LogP contribution in [0.5, 0.6) is 0 Å². The highest BCUT2D eigenvalue weighted by Gasteiger charge is 2.16. The van der Waals surface area contributed by atoms with Crippen molar-refractivity contribution in [3.05, 3.63) is 22.0 Å². The molecule has 20 heavy (non-hydrogen) atoms. The second-order valence-corrected chi connectivity index (χ2v) is 6.63. The third-order valence-electron chi connectivity index (χ3n) is 3.92. The Morgan fingerprint density at radius 1 is 1.30 bits per heavy atom. The molecule has 0 spiro atoms. The van der Waals surface area contributed by atoms with Crippen molar-refractivity contribution in [2.75, 3.05) is 19.8 Å². The lowest BCUT2D eigenvalue weighted by atomic mass is 10.1. The quantitative estimate of drug-likeness (QED) is 0.941. The minimum Gasteiger partial charge on any atom is -0.381 e. The summed E-state index contributed by atoms with van der Waals surface area (Å²) in [7, 11) is 0. The Morgan fingerprint density at radius 3 is 2.90 bits per heavy atom. The van der Waals surface area contributed by atoms with Crippen molar-refractivity contribution in [3.63, 3.8) is 0 Å². The SMILES string of the molecule is Cc1nc(C)c2c(C)c(CNCC3CCOC3)sc2n1. The van der Waals surface area contributed by atoms with Gasteiger partial charge in [0.25, 0.3) is 0 Å². The van der Waals surface area contributed by atoms with Crippen molar-refractivity contribution in [1.82, 2.24) is 15.3 Å². The minimum absolute atomic E-state index is 0.674. The summed E-state index contributed by atoms with van der Waals surface area (Å²) in [5.41, 5.74) is 2.43. The maximum absolute atomic E-state index is 5.40. The van der Waals surface area contributed by atoms with E-state index in [4.69, 9.17) is 4.74 Å². The highest BCUT2D eigenvalue weighted by molar-refractivity contribution is 7.18. The molecule has 5 heteroatoms. The molecule has 3 heterocycles. The molecule has 1 unspecified atom stereocenters. The third kappa shape index (κ3) is 2.71. The number of fused-ring (bicyclic) bond motifs is 1. The molecule has 3 rings (SSSR count). The molecule has 2 aromatic rings. The second-order valence-electron chi connectivity index (χ2n) is 5.55. The van der Waals surface area contributed by atoms with Crippen LogP contribution in [0.4, 0.5) is 0 Å². The molecule has 1 aliphatic rings. The van der Waals surface area contributed by atoms with Gasteiger partial charge in [-0.2, -0.15) is 0 Å². The number of aromatic nitrogens is 2. The summed E-state index contributed by atoms with van der Waals surface area (Å²) in [5.74, 6) is 1.53. The second kappa shape index (κ2) is 5.76. The zero-order valence-electron chi connectivity index (χ0n) is 12.3. The zero-order valence-corrected chi connectivity index (χ0v) is 13.1. The van der Waals surface area contributed by atoms with Crippen molar-refractivity contribution < 1.29 is 4.74 Å². The maximum atomic E-state index is 5.40. The smallest absolute Gasteiger partial charge is 0.127 e. The third-order valence-corrected chi connectivity index (χ3v) is 5.11. The molecule has 108 valence electrons. The van der Waals surface area contributed by atoms with Crippen LogP contribution in [0.25, 0.3) is 10.2 Å². The fraction of sp³-hybridized carbons (Fsp3) is 0.600. The van der Waals surface area contributed by atoms with Crippen LogP contribution < -0.4 is 5.32 Å². The summed E-state index contributed by atoms with van der Waals surface area (Å²) in [5, 5.41) is 4.80. The molecule has 1 saturated heterocycles. The topological polar surface area (TPSA) is 47.0 Å². The van der Waals surface area contributed by atoms with Gasteiger partial charge in [-0.05, 0) is 38.7 Å². The molecule has 0 bridgehead atoms. The monoisotopic (exact) mass is 291 g/mol. The van der Waals surface area contributed by atoms with Crippen molar-refractivity contribution in [3.8, 4) is 0 Å². The highest BCUT2D eigenvalue weighted by atomic mass is 32.1. The van der Waals surface area contributed by atoms with E-state index in [0.717, 1.165) is 42.7 Å². The molecule has 0 aliphatic carbocycles. The first-order chi connectivity index (χ1) is 9.65. The van der Waals surface area contributed by atoms with E-state index < -0.39 is 0 Å². The number of aryl methyl sites for hydroxylation is 3. The Labute approximate surface area is 123 Å². The number of nitrogens with one attached hydrogen (secondary N) is 1. The van der Waals surface area contributed by atoms with Crippen LogP contribution >= 0.6 is 11.3 Å². The van der Waals surface area contributed by atoms with Gasteiger partial charge in [0.15, 0.2) is 0 Å². The van der Waals surface area contributed by atoms with Gasteiger partial charge in [0, 0.05) is 35.7 Å². The average Bonchev–Trinajstić information content (AvgIpc) is 2.98. The fourth-order valence-corrected chi connectivity index (χ4v) is 4.07. The van der Waals surface area contributed by atoms with Crippen LogP contribution in [0.15, 0.2) is 0 Å². The Kier molecular flexibility index (Phi) is 4.01. The van der Waals surface area contributed by atoms with E-state index in [-0.39, 0.29) is 0 Å². The van der Waals surface area contributed by atoms with Crippen molar-refractivity contribution in [2.45, 2.75) is 33.7 Å². The molecular formula is C15H21N3OS. The highest BCUT2D eigenvalue weighted by Crippen LogP contribution is 2.31. The standard InChI is InChI=1S/C15H21N3OS/c1-9-13(7-16-6-12-4-5-19-8-12)20-15-14(9)10(2)17-11(3)18-15/h12,16H,4-8H2,1-3H3. The fourth-order valence-electron chi connectivity index (χ4n) is 2.82. The number of hydrogen-bond acceptors (Lipinski definition) is 5. The summed E-state index contributed by atoms with van der Waals surface area (Å²) >= 11 is 1.79. The van der Waals surface area contributed by atoms with E-state index in [2.05, 4.69) is 29.1 Å². The van der Waals surface area contributed by atoms with Crippen molar-refractivity contribution in [2.24, 2.45) is 5.92 Å². The molecule has 0 saturated carbocycles. The predicted molar refractivity (Wildman–Crippen MR) is 82.3 cm³/mol. The first-order valence-electron chi connectivity index (χ1n) is 7.17. The van der Waals surface area contributed by atoms with Crippen LogP contribution in [0.3, 0.4) is 0 Å². The zero-order chi connectivity index (χ0) is 14.1. The normalized spacial score (nSPS) is 19.1. The Morgan fingerprint density at radius 2 is 2.15 bits per heavy atom. The Balaban J connectivity index is 1.74. The summed E-state index contributed by atoms with van der Waals surface area (Å²) in [6.07, 6.45) is 1.18. The number of nitrogens with zero attached hydrogens (tertiary/aromatic N) is 2. The van der Waals surface area contributed by atoms with Gasteiger partial charge in [-0.25, -0.2) is 9.97 Å². The number of ether oxygens (including phenoxy) is 1. The number of rotatable bonds is 4. The van der Waals surface area contributed by atoms with Crippen molar-refractivity contribution >= 4 is 21.6 Å². The van der Waals surface area contributed by atoms with Crippen LogP contribution in [-0.2, 0) is 11.3 Å². The molecule has 4 nitrogen and oxygen atoms in total. The summed E-state index contributed by atoms with van der Waals surface area (Å²) in [6, 6.07) is 0. The van der Waals surface area contributed by atoms with E-state index in [1.165, 1.54) is 22.2 Å². The predicted octanol–water partition coefficient (Wildman–Crippen LogP) is 2.74. The van der Waals surface area contributed by atoms with Gasteiger partial charge in [0.1, 0.15) is 10.7 Å². The van der Waals surface area contributed by atoms with Gasteiger partial charge in [-0.15, -0.1) is 11.3 Å². The van der Waals surface area contributed by atoms with Gasteiger partial charge in [-0.1, -0.05) is 0 Å². The van der Waals surface area contributed by atoms with E-state index in [9.17, 15) is 0 Å². The molecule has 1 atom stereocenters. The van der Waals surface area contributed by atoms with E-state index in [1.807, 2.05) is 6.92 Å². The largest absolute Gasteiger partial charge is 0.381 e. The van der Waals surface area contributed by atoms with E-state index in [0.29, 0.717) is 5.92 Å². The summed E-state index contributed by atoms with van der Waals surface area (Å²) < 4.78 is 5.40. The molecular weight excluding hydrogens is 270 g/mol. The van der Waals surface area contributed by atoms with E-state index in [1.54, 1.807) is 11.3 Å². The Hall–Kier alpha value is -1.04. The molecule has 0 aromatic carbocycles. The first kappa shape index (κ1) is 13.9. The van der Waals surface area contributed by atoms with Gasteiger partial charge in [0.2, 0.25) is 0 Å². The lowest BCUT2D eigenvalue weighted by molar-refractivity contribution is 0.185. The number of thiophene rings is 1. The number of hydrogen-bond donors (Lipinski definition) is 1. The molecule has 0 amide bonds. The van der Waals surface area contributed by atoms with Crippen molar-refractivity contribution in [1.29, 1.82) is 0 Å². The van der Waals surface area contributed by atoms with E-state index >= 15 is 0 Å². The van der Waals surface area contributed by atoms with Crippen LogP contribution in [0.2, 0.25) is 0 Å². The van der Waals surface area contributed by atoms with Gasteiger partial charge in [0.05, 0.1) is 6.61 Å².